The van der Waals surface area contributed by atoms with E-state index in [1.165, 1.54) is 17.9 Å². The van der Waals surface area contributed by atoms with Gasteiger partial charge in [-0.25, -0.2) is 0 Å². The van der Waals surface area contributed by atoms with Crippen LogP contribution in [0.25, 0.3) is 20.9 Å². The number of hydrogen-bond donors (Lipinski definition) is 0. The van der Waals surface area contributed by atoms with Gasteiger partial charge in [0.1, 0.15) is 0 Å². The average molecular weight is 604 g/mol. The molecule has 0 spiro atoms. The van der Waals surface area contributed by atoms with Crippen LogP contribution < -0.4 is 5.79 Å². The quantitative estimate of drug-likeness (QED) is 0.298. The topological polar surface area (TPSA) is 0 Å². The average Bonchev–Trinajstić information content (AvgIpc) is 3.16. The molecule has 0 aliphatic rings. The number of benzene rings is 1. The van der Waals surface area contributed by atoms with Crippen LogP contribution in [0.5, 0.6) is 0 Å². The minimum atomic E-state index is -2.19. The fraction of sp³-hybridized carbons (Fsp3) is 0.300. The van der Waals surface area contributed by atoms with Crippen molar-refractivity contribution < 1.29 is 8.78 Å². The molecule has 0 radical (unpaired) electrons. The molecule has 0 atom stereocenters. The molecule has 0 bridgehead atoms. The first-order chi connectivity index (χ1) is 12.0. The summed E-state index contributed by atoms with van der Waals surface area (Å²) in [6, 6.07) is 10.8. The summed E-state index contributed by atoms with van der Waals surface area (Å²) in [6.07, 6.45) is 0. The molecule has 6 heteroatoms. The summed E-state index contributed by atoms with van der Waals surface area (Å²) >= 11 is -1.13. The van der Waals surface area contributed by atoms with Gasteiger partial charge < -0.3 is 0 Å². The fourth-order valence-electron chi connectivity index (χ4n) is 2.70. The Kier molecular flexibility index (Phi) is 5.99. The Morgan fingerprint density at radius 2 is 0.962 bits per heavy atom. The van der Waals surface area contributed by atoms with E-state index in [0.717, 1.165) is 9.75 Å². The zero-order valence-electron chi connectivity index (χ0n) is 16.0. The van der Waals surface area contributed by atoms with E-state index in [1.54, 1.807) is 22.7 Å². The van der Waals surface area contributed by atoms with Crippen LogP contribution in [0, 0.1) is 11.6 Å². The number of halogens is 2. The first-order valence-corrected chi connectivity index (χ1v) is 30.3. The van der Waals surface area contributed by atoms with E-state index < -0.39 is 36.8 Å². The summed E-state index contributed by atoms with van der Waals surface area (Å²) in [4.78, 5) is 15.6. The van der Waals surface area contributed by atoms with Gasteiger partial charge >= 0.3 is 173 Å². The standard InChI is InChI=1S/C14H6F2S2.6CH3.2Sn/c15-11-8-10(14-4-2-6-18-14)12(16)7-9(11)13-3-1-5-17-13;;;;;;;;/h1-4,7-8H;6*1H3;;. The minimum absolute atomic E-state index is 0.340. The summed E-state index contributed by atoms with van der Waals surface area (Å²) in [5, 5.41) is 0. The van der Waals surface area contributed by atoms with Crippen LogP contribution >= 0.6 is 22.7 Å². The molecule has 0 nitrogen and oxygen atoms in total. The van der Waals surface area contributed by atoms with Crippen molar-refractivity contribution in [1.29, 1.82) is 0 Å². The van der Waals surface area contributed by atoms with Gasteiger partial charge in [-0.05, 0) is 0 Å². The van der Waals surface area contributed by atoms with Crippen LogP contribution in [0.15, 0.2) is 36.4 Å². The van der Waals surface area contributed by atoms with Gasteiger partial charge in [0, 0.05) is 0 Å². The van der Waals surface area contributed by atoms with Gasteiger partial charge in [0.2, 0.25) is 0 Å². The van der Waals surface area contributed by atoms with E-state index >= 15 is 0 Å². The maximum absolute atomic E-state index is 14.8. The van der Waals surface area contributed by atoms with Crippen LogP contribution in [0.2, 0.25) is 29.6 Å². The van der Waals surface area contributed by atoms with Gasteiger partial charge in [-0.1, -0.05) is 0 Å². The summed E-state index contributed by atoms with van der Waals surface area (Å²) in [6.45, 7) is 0. The zero-order chi connectivity index (χ0) is 19.3. The van der Waals surface area contributed by atoms with Crippen molar-refractivity contribution in [2.45, 2.75) is 29.6 Å². The van der Waals surface area contributed by atoms with Crippen LogP contribution in [0.4, 0.5) is 8.78 Å². The van der Waals surface area contributed by atoms with Gasteiger partial charge in [-0.3, -0.25) is 0 Å². The van der Waals surface area contributed by atoms with Crippen molar-refractivity contribution in [3.63, 3.8) is 0 Å². The molecule has 0 amide bonds. The van der Waals surface area contributed by atoms with Crippen molar-refractivity contribution in [3.8, 4) is 20.9 Å². The van der Waals surface area contributed by atoms with E-state index in [4.69, 9.17) is 0 Å². The summed E-state index contributed by atoms with van der Waals surface area (Å²) in [5.74, 6) is -0.679. The SMILES string of the molecule is [CH3][Sn]([CH3])([CH3])[c]1ccc(-c2cc(F)c(-c3cc[c]([Sn]([CH3])([CH3])[CH3])s3)cc2F)s1. The first-order valence-electron chi connectivity index (χ1n) is 8.67. The van der Waals surface area contributed by atoms with Crippen molar-refractivity contribution in [3.05, 3.63) is 48.0 Å². The normalized spacial score (nSPS) is 12.6. The van der Waals surface area contributed by atoms with Crippen molar-refractivity contribution in [2.75, 3.05) is 0 Å². The van der Waals surface area contributed by atoms with Gasteiger partial charge in [0.15, 0.2) is 0 Å². The molecule has 2 aromatic heterocycles. The monoisotopic (exact) mass is 606 g/mol. The van der Waals surface area contributed by atoms with E-state index in [0.29, 0.717) is 11.1 Å². The second kappa shape index (κ2) is 7.48. The Hall–Kier alpha value is 0.0774. The molecule has 3 aromatic rings. The third-order valence-electron chi connectivity index (χ3n) is 4.28. The predicted molar refractivity (Wildman–Crippen MR) is 119 cm³/mol. The first kappa shape index (κ1) is 20.8. The predicted octanol–water partition coefficient (Wildman–Crippen LogP) is 6.51. The Balaban J connectivity index is 2.01. The third kappa shape index (κ3) is 4.38. The molecular formula is C20H24F2S2Sn2. The molecule has 3 rings (SSSR count). The van der Waals surface area contributed by atoms with Crippen molar-refractivity contribution >= 4 is 65.2 Å². The van der Waals surface area contributed by atoms with Crippen LogP contribution in [0.3, 0.4) is 0 Å². The molecule has 1 aromatic carbocycles. The van der Waals surface area contributed by atoms with Gasteiger partial charge in [0.05, 0.1) is 0 Å². The second-order valence-corrected chi connectivity index (χ2v) is 41.6. The maximum atomic E-state index is 14.8. The van der Waals surface area contributed by atoms with E-state index in [9.17, 15) is 8.78 Å². The molecular weight excluding hydrogens is 580 g/mol. The fourth-order valence-corrected chi connectivity index (χ4v) is 15.3. The Labute approximate surface area is 171 Å². The number of thiophene rings is 2. The Bertz CT molecular complexity index is 866. The van der Waals surface area contributed by atoms with Crippen molar-refractivity contribution in [1.82, 2.24) is 0 Å². The molecule has 26 heavy (non-hydrogen) atoms. The molecule has 0 aliphatic heterocycles. The summed E-state index contributed by atoms with van der Waals surface area (Å²) < 4.78 is 32.4. The van der Waals surface area contributed by atoms with E-state index in [1.807, 2.05) is 12.1 Å². The Morgan fingerprint density at radius 3 is 1.23 bits per heavy atom. The summed E-state index contributed by atoms with van der Waals surface area (Å²) in [5.41, 5.74) is 0.759. The number of rotatable bonds is 4. The third-order valence-corrected chi connectivity index (χ3v) is 25.5. The zero-order valence-corrected chi connectivity index (χ0v) is 23.4. The molecule has 0 saturated carbocycles. The molecule has 0 fully saturated rings. The van der Waals surface area contributed by atoms with Gasteiger partial charge in [0.25, 0.3) is 0 Å². The van der Waals surface area contributed by atoms with Crippen LogP contribution in [-0.2, 0) is 0 Å². The summed E-state index contributed by atoms with van der Waals surface area (Å²) in [7, 11) is 0. The molecule has 2 heterocycles. The molecule has 0 saturated heterocycles. The van der Waals surface area contributed by atoms with Gasteiger partial charge in [-0.2, -0.15) is 0 Å². The molecule has 138 valence electrons. The van der Waals surface area contributed by atoms with E-state index in [2.05, 4.69) is 41.8 Å². The molecule has 0 aliphatic carbocycles. The van der Waals surface area contributed by atoms with Gasteiger partial charge in [-0.15, -0.1) is 0 Å². The molecule has 0 unspecified atom stereocenters. The van der Waals surface area contributed by atoms with Crippen LogP contribution in [0.1, 0.15) is 0 Å². The Morgan fingerprint density at radius 1 is 0.615 bits per heavy atom. The number of hydrogen-bond acceptors (Lipinski definition) is 2. The van der Waals surface area contributed by atoms with Crippen LogP contribution in [-0.4, -0.2) is 36.8 Å². The van der Waals surface area contributed by atoms with Crippen molar-refractivity contribution in [2.24, 2.45) is 0 Å². The second-order valence-electron chi connectivity index (χ2n) is 8.64. The molecule has 0 N–H and O–H groups in total. The van der Waals surface area contributed by atoms with E-state index in [-0.39, 0.29) is 11.6 Å².